The van der Waals surface area contributed by atoms with Crippen molar-refractivity contribution in [2.24, 2.45) is 5.92 Å². The second kappa shape index (κ2) is 7.75. The molecule has 0 spiro atoms. The Balaban J connectivity index is 1.48. The van der Waals surface area contributed by atoms with Gasteiger partial charge in [0.1, 0.15) is 4.83 Å². The number of benzene rings is 1. The van der Waals surface area contributed by atoms with Gasteiger partial charge in [0.25, 0.3) is 5.91 Å². The van der Waals surface area contributed by atoms with Crippen molar-refractivity contribution in [2.75, 3.05) is 0 Å². The van der Waals surface area contributed by atoms with Crippen molar-refractivity contribution >= 4 is 33.4 Å². The molecule has 0 bridgehead atoms. The van der Waals surface area contributed by atoms with Gasteiger partial charge in [-0.05, 0) is 44.2 Å². The molecule has 1 aliphatic rings. The molecule has 7 heteroatoms. The summed E-state index contributed by atoms with van der Waals surface area (Å²) in [4.78, 5) is 25.5. The number of aliphatic carboxylic acids is 1. The van der Waals surface area contributed by atoms with Crippen LogP contribution in [0.25, 0.3) is 10.2 Å². The highest BCUT2D eigenvalue weighted by atomic mass is 32.1. The van der Waals surface area contributed by atoms with Crippen LogP contribution in [0.4, 0.5) is 0 Å². The predicted octanol–water partition coefficient (Wildman–Crippen LogP) is 3.83. The molecule has 0 saturated heterocycles. The Kier molecular flexibility index (Phi) is 5.17. The van der Waals surface area contributed by atoms with Crippen LogP contribution in [0.15, 0.2) is 36.4 Å². The molecule has 2 N–H and O–H groups in total. The SMILES string of the molecule is Cc1nn(Cc2ccccc2)c2sc(C(=O)NC3CCC(C(=O)O)CC3)cc12. The molecule has 28 heavy (non-hydrogen) atoms. The van der Waals surface area contributed by atoms with Gasteiger partial charge in [-0.2, -0.15) is 5.10 Å². The summed E-state index contributed by atoms with van der Waals surface area (Å²) < 4.78 is 1.96. The summed E-state index contributed by atoms with van der Waals surface area (Å²) >= 11 is 1.46. The number of aromatic nitrogens is 2. The van der Waals surface area contributed by atoms with Gasteiger partial charge < -0.3 is 10.4 Å². The summed E-state index contributed by atoms with van der Waals surface area (Å²) in [5.41, 5.74) is 2.09. The van der Waals surface area contributed by atoms with Gasteiger partial charge in [0.2, 0.25) is 0 Å². The number of hydrogen-bond acceptors (Lipinski definition) is 4. The van der Waals surface area contributed by atoms with E-state index in [0.29, 0.717) is 37.1 Å². The van der Waals surface area contributed by atoms with E-state index < -0.39 is 5.97 Å². The minimum Gasteiger partial charge on any atom is -0.481 e. The number of carboxylic acid groups (broad SMARTS) is 1. The van der Waals surface area contributed by atoms with Gasteiger partial charge in [-0.3, -0.25) is 14.3 Å². The van der Waals surface area contributed by atoms with Crippen LogP contribution >= 0.6 is 11.3 Å². The first-order chi connectivity index (χ1) is 13.5. The van der Waals surface area contributed by atoms with E-state index in [1.807, 2.05) is 35.9 Å². The van der Waals surface area contributed by atoms with E-state index in [1.54, 1.807) is 0 Å². The maximum absolute atomic E-state index is 12.7. The molecule has 2 aromatic heterocycles. The van der Waals surface area contributed by atoms with Crippen LogP contribution in [-0.2, 0) is 11.3 Å². The fraction of sp³-hybridized carbons (Fsp3) is 0.381. The minimum absolute atomic E-state index is 0.0511. The molecule has 0 atom stereocenters. The van der Waals surface area contributed by atoms with Gasteiger partial charge in [0, 0.05) is 11.4 Å². The van der Waals surface area contributed by atoms with Crippen molar-refractivity contribution in [2.45, 2.75) is 45.2 Å². The number of carbonyl (C=O) groups is 2. The molecule has 146 valence electrons. The fourth-order valence-corrected chi connectivity index (χ4v) is 4.89. The minimum atomic E-state index is -0.729. The van der Waals surface area contributed by atoms with E-state index in [4.69, 9.17) is 5.11 Å². The first-order valence-electron chi connectivity index (χ1n) is 9.56. The highest BCUT2D eigenvalue weighted by Crippen LogP contribution is 2.30. The van der Waals surface area contributed by atoms with Gasteiger partial charge in [-0.1, -0.05) is 30.3 Å². The molecule has 4 rings (SSSR count). The largest absolute Gasteiger partial charge is 0.481 e. The van der Waals surface area contributed by atoms with Crippen molar-refractivity contribution in [1.29, 1.82) is 0 Å². The van der Waals surface area contributed by atoms with E-state index in [2.05, 4.69) is 22.5 Å². The molecular weight excluding hydrogens is 374 g/mol. The number of hydrogen-bond donors (Lipinski definition) is 2. The Bertz CT molecular complexity index is 1000. The van der Waals surface area contributed by atoms with Crippen LogP contribution in [0.2, 0.25) is 0 Å². The van der Waals surface area contributed by atoms with Gasteiger partial charge in [0.15, 0.2) is 0 Å². The van der Waals surface area contributed by atoms with Crippen molar-refractivity contribution in [1.82, 2.24) is 15.1 Å². The topological polar surface area (TPSA) is 84.2 Å². The van der Waals surface area contributed by atoms with E-state index in [9.17, 15) is 9.59 Å². The second-order valence-corrected chi connectivity index (χ2v) is 8.45. The van der Waals surface area contributed by atoms with Crippen molar-refractivity contribution < 1.29 is 14.7 Å². The first-order valence-corrected chi connectivity index (χ1v) is 10.4. The molecule has 6 nitrogen and oxygen atoms in total. The van der Waals surface area contributed by atoms with Crippen molar-refractivity contribution in [3.05, 3.63) is 52.5 Å². The average Bonchev–Trinajstić information content (AvgIpc) is 3.25. The molecule has 1 saturated carbocycles. The van der Waals surface area contributed by atoms with Crippen LogP contribution in [0.1, 0.15) is 46.6 Å². The third kappa shape index (κ3) is 3.80. The third-order valence-corrected chi connectivity index (χ3v) is 6.57. The summed E-state index contributed by atoms with van der Waals surface area (Å²) in [5.74, 6) is -1.08. The van der Waals surface area contributed by atoms with Crippen LogP contribution in [0.3, 0.4) is 0 Å². The average molecular weight is 398 g/mol. The Morgan fingerprint density at radius 3 is 2.61 bits per heavy atom. The number of fused-ring (bicyclic) bond motifs is 1. The monoisotopic (exact) mass is 397 g/mol. The number of nitrogens with one attached hydrogen (secondary N) is 1. The van der Waals surface area contributed by atoms with Crippen molar-refractivity contribution in [3.8, 4) is 0 Å². The quantitative estimate of drug-likeness (QED) is 0.685. The lowest BCUT2D eigenvalue weighted by Gasteiger charge is -2.26. The Morgan fingerprint density at radius 1 is 1.21 bits per heavy atom. The first kappa shape index (κ1) is 18.7. The molecule has 0 aliphatic heterocycles. The fourth-order valence-electron chi connectivity index (χ4n) is 3.83. The van der Waals surface area contributed by atoms with Crippen LogP contribution in [-0.4, -0.2) is 32.8 Å². The lowest BCUT2D eigenvalue weighted by Crippen LogP contribution is -2.38. The molecule has 1 amide bonds. The van der Waals surface area contributed by atoms with Gasteiger partial charge >= 0.3 is 5.97 Å². The highest BCUT2D eigenvalue weighted by Gasteiger charge is 2.27. The summed E-state index contributed by atoms with van der Waals surface area (Å²) in [5, 5.41) is 17.8. The maximum atomic E-state index is 12.7. The van der Waals surface area contributed by atoms with Crippen molar-refractivity contribution in [3.63, 3.8) is 0 Å². The molecule has 1 aliphatic carbocycles. The molecule has 1 fully saturated rings. The number of nitrogens with zero attached hydrogens (tertiary/aromatic N) is 2. The molecule has 3 aromatic rings. The highest BCUT2D eigenvalue weighted by molar-refractivity contribution is 7.20. The zero-order valence-corrected chi connectivity index (χ0v) is 16.5. The lowest BCUT2D eigenvalue weighted by molar-refractivity contribution is -0.142. The Labute approximate surface area is 167 Å². The Hall–Kier alpha value is -2.67. The second-order valence-electron chi connectivity index (χ2n) is 7.42. The number of amides is 1. The normalized spacial score (nSPS) is 19.6. The number of rotatable bonds is 5. The van der Waals surface area contributed by atoms with E-state index in [-0.39, 0.29) is 17.9 Å². The standard InChI is InChI=1S/C21H23N3O3S/c1-13-17-11-18(19(25)22-16-9-7-15(8-10-16)21(26)27)28-20(17)24(23-13)12-14-5-3-2-4-6-14/h2-6,11,15-16H,7-10,12H2,1H3,(H,22,25)(H,26,27). The molecular formula is C21H23N3O3S. The third-order valence-electron chi connectivity index (χ3n) is 5.42. The van der Waals surface area contributed by atoms with E-state index in [1.165, 1.54) is 16.9 Å². The number of carbonyl (C=O) groups excluding carboxylic acids is 1. The van der Waals surface area contributed by atoms with Crippen LogP contribution in [0.5, 0.6) is 0 Å². The summed E-state index contributed by atoms with van der Waals surface area (Å²) in [6.07, 6.45) is 2.68. The summed E-state index contributed by atoms with van der Waals surface area (Å²) in [6, 6.07) is 12.1. The van der Waals surface area contributed by atoms with Gasteiger partial charge in [-0.15, -0.1) is 11.3 Å². The van der Waals surface area contributed by atoms with Gasteiger partial charge in [0.05, 0.1) is 23.0 Å². The zero-order valence-electron chi connectivity index (χ0n) is 15.7. The summed E-state index contributed by atoms with van der Waals surface area (Å²) in [7, 11) is 0. The number of carboxylic acids is 1. The molecule has 0 radical (unpaired) electrons. The predicted molar refractivity (Wildman–Crippen MR) is 109 cm³/mol. The number of aryl methyl sites for hydroxylation is 1. The van der Waals surface area contributed by atoms with E-state index >= 15 is 0 Å². The maximum Gasteiger partial charge on any atom is 0.306 e. The van der Waals surface area contributed by atoms with Crippen LogP contribution < -0.4 is 5.32 Å². The molecule has 0 unspecified atom stereocenters. The smallest absolute Gasteiger partial charge is 0.306 e. The lowest BCUT2D eigenvalue weighted by atomic mass is 9.86. The zero-order chi connectivity index (χ0) is 19.7. The Morgan fingerprint density at radius 2 is 1.93 bits per heavy atom. The number of thiophene rings is 1. The molecule has 2 heterocycles. The molecule has 1 aromatic carbocycles. The van der Waals surface area contributed by atoms with Crippen LogP contribution in [0, 0.1) is 12.8 Å². The van der Waals surface area contributed by atoms with E-state index in [0.717, 1.165) is 15.9 Å². The summed E-state index contributed by atoms with van der Waals surface area (Å²) in [6.45, 7) is 2.64. The van der Waals surface area contributed by atoms with Gasteiger partial charge in [-0.25, -0.2) is 0 Å².